The zero-order valence-electron chi connectivity index (χ0n) is 14.8. The number of halogens is 4. The van der Waals surface area contributed by atoms with Gasteiger partial charge in [-0.2, -0.15) is 0 Å². The van der Waals surface area contributed by atoms with Crippen molar-refractivity contribution in [1.29, 1.82) is 0 Å². The van der Waals surface area contributed by atoms with Gasteiger partial charge in [-0.15, -0.1) is 0 Å². The Kier molecular flexibility index (Phi) is 7.22. The SMILES string of the molecule is CCOc1cc(/C=C2\SC(=O)N(Cc3ccc(Cl)cc3Cl)C2=O)c(Br)c(Br)c1O. The Bertz CT molecular complexity index is 1050. The van der Waals surface area contributed by atoms with E-state index in [4.69, 9.17) is 27.9 Å². The number of hydrogen-bond donors (Lipinski definition) is 1. The van der Waals surface area contributed by atoms with Crippen LogP contribution in [0.1, 0.15) is 18.1 Å². The molecule has 0 bridgehead atoms. The molecule has 1 N–H and O–H groups in total. The van der Waals surface area contributed by atoms with Crippen LogP contribution >= 0.6 is 66.8 Å². The van der Waals surface area contributed by atoms with E-state index in [9.17, 15) is 14.7 Å². The van der Waals surface area contributed by atoms with E-state index in [2.05, 4.69) is 31.9 Å². The Labute approximate surface area is 198 Å². The van der Waals surface area contributed by atoms with E-state index in [0.717, 1.165) is 16.7 Å². The fourth-order valence-electron chi connectivity index (χ4n) is 2.58. The highest BCUT2D eigenvalue weighted by atomic mass is 79.9. The maximum Gasteiger partial charge on any atom is 0.293 e. The molecule has 1 saturated heterocycles. The van der Waals surface area contributed by atoms with Crippen LogP contribution in [-0.2, 0) is 11.3 Å². The van der Waals surface area contributed by atoms with Gasteiger partial charge in [0.1, 0.15) is 0 Å². The summed E-state index contributed by atoms with van der Waals surface area (Å²) < 4.78 is 6.35. The lowest BCUT2D eigenvalue weighted by molar-refractivity contribution is -0.123. The van der Waals surface area contributed by atoms with Crippen LogP contribution in [0.2, 0.25) is 10.0 Å². The first-order valence-corrected chi connectivity index (χ1v) is 11.4. The molecule has 1 heterocycles. The third-order valence-corrected chi connectivity index (χ3v) is 7.63. The second kappa shape index (κ2) is 9.31. The summed E-state index contributed by atoms with van der Waals surface area (Å²) in [5.41, 5.74) is 1.19. The minimum atomic E-state index is -0.430. The molecular formula is C19H13Br2Cl2NO4S. The smallest absolute Gasteiger partial charge is 0.293 e. The number of imide groups is 1. The predicted molar refractivity (Wildman–Crippen MR) is 123 cm³/mol. The second-order valence-electron chi connectivity index (χ2n) is 5.88. The quantitative estimate of drug-likeness (QED) is 0.391. The van der Waals surface area contributed by atoms with Crippen molar-refractivity contribution in [3.63, 3.8) is 0 Å². The van der Waals surface area contributed by atoms with E-state index < -0.39 is 11.1 Å². The van der Waals surface area contributed by atoms with Gasteiger partial charge in [-0.25, -0.2) is 0 Å². The predicted octanol–water partition coefficient (Wildman–Crippen LogP) is 6.86. The van der Waals surface area contributed by atoms with Crippen molar-refractivity contribution in [2.24, 2.45) is 0 Å². The highest BCUT2D eigenvalue weighted by Gasteiger charge is 2.35. The lowest BCUT2D eigenvalue weighted by Gasteiger charge is -2.14. The normalized spacial score (nSPS) is 15.5. The van der Waals surface area contributed by atoms with E-state index >= 15 is 0 Å². The van der Waals surface area contributed by atoms with Crippen LogP contribution < -0.4 is 4.74 Å². The Balaban J connectivity index is 1.92. The lowest BCUT2D eigenvalue weighted by atomic mass is 10.1. The van der Waals surface area contributed by atoms with E-state index in [1.165, 1.54) is 0 Å². The zero-order chi connectivity index (χ0) is 21.3. The first-order chi connectivity index (χ1) is 13.7. The third kappa shape index (κ3) is 4.77. The number of carbonyl (C=O) groups is 2. The summed E-state index contributed by atoms with van der Waals surface area (Å²) in [4.78, 5) is 26.6. The van der Waals surface area contributed by atoms with Crippen LogP contribution in [0.5, 0.6) is 11.5 Å². The van der Waals surface area contributed by atoms with Crippen molar-refractivity contribution in [3.05, 3.63) is 59.3 Å². The molecule has 2 aromatic rings. The molecule has 0 saturated carbocycles. The number of carbonyl (C=O) groups excluding carboxylic acids is 2. The molecule has 3 rings (SSSR count). The lowest BCUT2D eigenvalue weighted by Crippen LogP contribution is -2.27. The molecule has 0 aliphatic carbocycles. The molecule has 5 nitrogen and oxygen atoms in total. The topological polar surface area (TPSA) is 66.8 Å². The van der Waals surface area contributed by atoms with Crippen LogP contribution in [0.25, 0.3) is 6.08 Å². The van der Waals surface area contributed by atoms with Crippen molar-refractivity contribution in [2.75, 3.05) is 6.61 Å². The molecule has 0 spiro atoms. The molecule has 2 amide bonds. The molecule has 0 radical (unpaired) electrons. The summed E-state index contributed by atoms with van der Waals surface area (Å²) in [6.45, 7) is 2.20. The van der Waals surface area contributed by atoms with Gasteiger partial charge in [0.05, 0.1) is 22.5 Å². The van der Waals surface area contributed by atoms with Gasteiger partial charge in [-0.1, -0.05) is 29.3 Å². The summed E-state index contributed by atoms with van der Waals surface area (Å²) >= 11 is 19.6. The number of benzene rings is 2. The van der Waals surface area contributed by atoms with E-state index in [1.54, 1.807) is 37.3 Å². The maximum atomic E-state index is 12.8. The van der Waals surface area contributed by atoms with Crippen molar-refractivity contribution in [1.82, 2.24) is 4.90 Å². The van der Waals surface area contributed by atoms with Gasteiger partial charge in [-0.3, -0.25) is 14.5 Å². The molecule has 152 valence electrons. The number of ether oxygens (including phenoxy) is 1. The van der Waals surface area contributed by atoms with E-state index in [0.29, 0.717) is 36.7 Å². The van der Waals surface area contributed by atoms with Gasteiger partial charge in [-0.05, 0) is 85.9 Å². The molecule has 0 unspecified atom stereocenters. The molecule has 29 heavy (non-hydrogen) atoms. The second-order valence-corrected chi connectivity index (χ2v) is 9.30. The molecule has 0 aromatic heterocycles. The van der Waals surface area contributed by atoms with Crippen LogP contribution in [0.15, 0.2) is 38.1 Å². The van der Waals surface area contributed by atoms with Crippen molar-refractivity contribution in [2.45, 2.75) is 13.5 Å². The minimum absolute atomic E-state index is 0.0443. The van der Waals surface area contributed by atoms with Gasteiger partial charge in [0.15, 0.2) is 11.5 Å². The number of phenols is 1. The number of phenolic OH excluding ortho intramolecular Hbond substituents is 1. The van der Waals surface area contributed by atoms with Gasteiger partial charge in [0, 0.05) is 14.5 Å². The highest BCUT2D eigenvalue weighted by molar-refractivity contribution is 9.13. The van der Waals surface area contributed by atoms with Crippen molar-refractivity contribution < 1.29 is 19.4 Å². The largest absolute Gasteiger partial charge is 0.503 e. The van der Waals surface area contributed by atoms with Crippen molar-refractivity contribution >= 4 is 84.0 Å². The first-order valence-electron chi connectivity index (χ1n) is 8.26. The summed E-state index contributed by atoms with van der Waals surface area (Å²) in [7, 11) is 0. The van der Waals surface area contributed by atoms with E-state index in [1.807, 2.05) is 0 Å². The maximum absolute atomic E-state index is 12.8. The molecule has 1 fully saturated rings. The molecule has 1 aliphatic rings. The Morgan fingerprint density at radius 2 is 1.93 bits per heavy atom. The summed E-state index contributed by atoms with van der Waals surface area (Å²) in [5, 5.41) is 10.6. The van der Waals surface area contributed by atoms with Gasteiger partial charge < -0.3 is 9.84 Å². The van der Waals surface area contributed by atoms with Crippen LogP contribution in [-0.4, -0.2) is 27.8 Å². The summed E-state index contributed by atoms with van der Waals surface area (Å²) in [5.74, 6) is -0.220. The molecular weight excluding hydrogens is 569 g/mol. The fraction of sp³-hybridized carbons (Fsp3) is 0.158. The number of rotatable bonds is 5. The monoisotopic (exact) mass is 579 g/mol. The highest BCUT2D eigenvalue weighted by Crippen LogP contribution is 2.44. The summed E-state index contributed by atoms with van der Waals surface area (Å²) in [6.07, 6.45) is 1.57. The van der Waals surface area contributed by atoms with E-state index in [-0.39, 0.29) is 22.9 Å². The number of nitrogens with zero attached hydrogens (tertiary/aromatic N) is 1. The molecule has 0 atom stereocenters. The Hall–Kier alpha value is -1.19. The van der Waals surface area contributed by atoms with Gasteiger partial charge in [0.2, 0.25) is 0 Å². The standard InChI is InChI=1S/C19H13Br2Cl2NO4S/c1-2-28-13-5-10(15(20)16(21)17(13)25)6-14-18(26)24(19(27)29-14)8-9-3-4-11(22)7-12(9)23/h3-7,25H,2,8H2,1H3/b14-6-. The first kappa shape index (κ1) is 22.5. The fourth-order valence-corrected chi connectivity index (χ4v) is 4.72. The van der Waals surface area contributed by atoms with Gasteiger partial charge in [0.25, 0.3) is 11.1 Å². The van der Waals surface area contributed by atoms with Crippen LogP contribution in [0.4, 0.5) is 4.79 Å². The molecule has 1 aliphatic heterocycles. The van der Waals surface area contributed by atoms with Crippen LogP contribution in [0, 0.1) is 0 Å². The molecule has 2 aromatic carbocycles. The third-order valence-electron chi connectivity index (χ3n) is 3.98. The number of thioether (sulfide) groups is 1. The van der Waals surface area contributed by atoms with Crippen molar-refractivity contribution in [3.8, 4) is 11.5 Å². The summed E-state index contributed by atoms with van der Waals surface area (Å²) in [6, 6.07) is 6.49. The number of hydrogen-bond acceptors (Lipinski definition) is 5. The zero-order valence-corrected chi connectivity index (χ0v) is 20.3. The van der Waals surface area contributed by atoms with Crippen LogP contribution in [0.3, 0.4) is 0 Å². The number of amides is 2. The Morgan fingerprint density at radius 1 is 1.21 bits per heavy atom. The average Bonchev–Trinajstić information content (AvgIpc) is 2.93. The Morgan fingerprint density at radius 3 is 2.59 bits per heavy atom. The van der Waals surface area contributed by atoms with Gasteiger partial charge >= 0.3 is 0 Å². The number of aromatic hydroxyl groups is 1. The molecule has 10 heteroatoms. The average molecular weight is 582 g/mol. The minimum Gasteiger partial charge on any atom is -0.503 e.